The van der Waals surface area contributed by atoms with Crippen molar-refractivity contribution in [1.82, 2.24) is 5.32 Å². The number of hydrogen-bond acceptors (Lipinski definition) is 6. The molecule has 1 aliphatic heterocycles. The summed E-state index contributed by atoms with van der Waals surface area (Å²) in [5, 5.41) is 4.14. The zero-order chi connectivity index (χ0) is 22.2. The lowest BCUT2D eigenvalue weighted by Gasteiger charge is -2.35. The first-order valence-corrected chi connectivity index (χ1v) is 12.5. The Labute approximate surface area is 200 Å². The molecule has 2 N–H and O–H groups in total. The molecule has 3 aromatic carbocycles. The van der Waals surface area contributed by atoms with Gasteiger partial charge in [0.1, 0.15) is 12.4 Å². The molecule has 0 spiro atoms. The molecule has 5 nitrogen and oxygen atoms in total. The quantitative estimate of drug-likeness (QED) is 0.395. The number of piperazine rings is 1. The van der Waals surface area contributed by atoms with Gasteiger partial charge in [-0.05, 0) is 42.0 Å². The molecule has 2 atom stereocenters. The molecule has 0 aliphatic carbocycles. The summed E-state index contributed by atoms with van der Waals surface area (Å²) in [6.45, 7) is 3.55. The van der Waals surface area contributed by atoms with Gasteiger partial charge in [-0.3, -0.25) is 0 Å². The summed E-state index contributed by atoms with van der Waals surface area (Å²) in [7, 11) is -0.482. The van der Waals surface area contributed by atoms with E-state index in [4.69, 9.17) is 25.8 Å². The third-order valence-corrected chi connectivity index (χ3v) is 6.73. The molecule has 32 heavy (non-hydrogen) atoms. The van der Waals surface area contributed by atoms with Crippen LogP contribution in [0.4, 0.5) is 5.69 Å². The largest absolute Gasteiger partial charge is 0.489 e. The number of halogens is 1. The Bertz CT molecular complexity index is 1010. The molecule has 0 amide bonds. The molecule has 1 aliphatic rings. The molecule has 8 heteroatoms. The Morgan fingerprint density at radius 2 is 1.91 bits per heavy atom. The van der Waals surface area contributed by atoms with E-state index < -0.39 is 9.03 Å². The van der Waals surface area contributed by atoms with E-state index in [9.17, 15) is 0 Å². The summed E-state index contributed by atoms with van der Waals surface area (Å²) in [5.74, 6) is 0.846. The topological polar surface area (TPSA) is 54.0 Å². The molecule has 3 aromatic rings. The van der Waals surface area contributed by atoms with Crippen molar-refractivity contribution < 1.29 is 14.2 Å². The highest BCUT2D eigenvalue weighted by Crippen LogP contribution is 2.35. The minimum absolute atomic E-state index is 0.173. The van der Waals surface area contributed by atoms with Crippen LogP contribution in [0.3, 0.4) is 0 Å². The molecule has 0 saturated carbocycles. The first kappa shape index (κ1) is 23.4. The van der Waals surface area contributed by atoms with Crippen LogP contribution in [0, 0.1) is 0 Å². The van der Waals surface area contributed by atoms with Crippen LogP contribution < -0.4 is 15.0 Å². The van der Waals surface area contributed by atoms with Gasteiger partial charge in [0.05, 0.1) is 17.3 Å². The third kappa shape index (κ3) is 6.61. The second-order valence-corrected chi connectivity index (χ2v) is 9.49. The van der Waals surface area contributed by atoms with E-state index in [1.165, 1.54) is 0 Å². The fraction of sp³-hybridized carbons (Fsp3) is 0.250. The summed E-state index contributed by atoms with van der Waals surface area (Å²) in [6, 6.07) is 24.6. The molecular weight excluding hydrogens is 463 g/mol. The maximum atomic E-state index is 8.91. The Morgan fingerprint density at radius 1 is 1.06 bits per heavy atom. The van der Waals surface area contributed by atoms with Crippen molar-refractivity contribution >= 4 is 38.1 Å². The van der Waals surface area contributed by atoms with Gasteiger partial charge in [-0.2, -0.15) is 0 Å². The monoisotopic (exact) mass is 488 g/mol. The summed E-state index contributed by atoms with van der Waals surface area (Å²) in [6.07, 6.45) is 0. The molecule has 4 rings (SSSR count). The number of ether oxygens (including phenoxy) is 1. The lowest BCUT2D eigenvalue weighted by atomic mass is 10.2. The Kier molecular flexibility index (Phi) is 8.69. The van der Waals surface area contributed by atoms with Gasteiger partial charge in [0.15, 0.2) is 9.03 Å². The number of anilines is 1. The van der Waals surface area contributed by atoms with Crippen molar-refractivity contribution in [1.29, 1.82) is 0 Å². The van der Waals surface area contributed by atoms with Crippen LogP contribution in [0.2, 0.25) is 5.02 Å². The predicted molar refractivity (Wildman–Crippen MR) is 133 cm³/mol. The molecule has 168 valence electrons. The summed E-state index contributed by atoms with van der Waals surface area (Å²) in [4.78, 5) is 13.4. The van der Waals surface area contributed by atoms with Crippen LogP contribution in [-0.2, 0) is 11.1 Å². The van der Waals surface area contributed by atoms with Gasteiger partial charge >= 0.3 is 0 Å². The van der Waals surface area contributed by atoms with Gasteiger partial charge < -0.3 is 24.4 Å². The van der Waals surface area contributed by atoms with E-state index in [0.717, 1.165) is 51.4 Å². The van der Waals surface area contributed by atoms with E-state index in [1.807, 2.05) is 36.4 Å². The lowest BCUT2D eigenvalue weighted by Crippen LogP contribution is -2.52. The van der Waals surface area contributed by atoms with E-state index >= 15 is 0 Å². The number of hydrogen-bond donors (Lipinski definition) is 2. The first-order valence-electron chi connectivity index (χ1n) is 10.4. The Balaban J connectivity index is 1.38. The van der Waals surface area contributed by atoms with Crippen LogP contribution in [0.15, 0.2) is 82.6 Å². The van der Waals surface area contributed by atoms with Gasteiger partial charge in [-0.15, -0.1) is 0 Å². The third-order valence-electron chi connectivity index (χ3n) is 5.15. The van der Waals surface area contributed by atoms with Crippen LogP contribution in [0.25, 0.3) is 0 Å². The Morgan fingerprint density at radius 3 is 2.72 bits per heavy atom. The van der Waals surface area contributed by atoms with E-state index in [0.29, 0.717) is 13.2 Å². The number of rotatable bonds is 9. The summed E-state index contributed by atoms with van der Waals surface area (Å²) >= 11 is 8.32. The SMILES string of the molecule is OPOCC1CN(c2ccc(Sc3cccc(OCc4ccccc4)c3)cc2Cl)CCN1. The van der Waals surface area contributed by atoms with E-state index in [-0.39, 0.29) is 6.04 Å². The molecule has 2 unspecified atom stereocenters. The highest BCUT2D eigenvalue weighted by Gasteiger charge is 2.21. The summed E-state index contributed by atoms with van der Waals surface area (Å²) in [5.41, 5.74) is 2.17. The molecule has 1 fully saturated rings. The molecule has 0 aromatic heterocycles. The summed E-state index contributed by atoms with van der Waals surface area (Å²) < 4.78 is 11.1. The maximum absolute atomic E-state index is 8.91. The van der Waals surface area contributed by atoms with Crippen molar-refractivity contribution in [3.8, 4) is 5.75 Å². The van der Waals surface area contributed by atoms with Crippen LogP contribution in [0.1, 0.15) is 5.56 Å². The molecule has 0 radical (unpaired) electrons. The van der Waals surface area contributed by atoms with Crippen molar-refractivity contribution in [3.63, 3.8) is 0 Å². The second kappa shape index (κ2) is 11.9. The van der Waals surface area contributed by atoms with Gasteiger partial charge in [-0.1, -0.05) is 59.8 Å². The smallest absolute Gasteiger partial charge is 0.152 e. The Hall–Kier alpha value is -1.79. The average molecular weight is 489 g/mol. The highest BCUT2D eigenvalue weighted by molar-refractivity contribution is 7.99. The zero-order valence-electron chi connectivity index (χ0n) is 17.5. The predicted octanol–water partition coefficient (Wildman–Crippen LogP) is 5.37. The second-order valence-electron chi connectivity index (χ2n) is 7.46. The fourth-order valence-electron chi connectivity index (χ4n) is 3.61. The first-order chi connectivity index (χ1) is 15.7. The van der Waals surface area contributed by atoms with Crippen LogP contribution >= 0.6 is 32.4 Å². The van der Waals surface area contributed by atoms with E-state index in [2.05, 4.69) is 46.6 Å². The van der Waals surface area contributed by atoms with Gasteiger partial charge in [0.2, 0.25) is 0 Å². The zero-order valence-corrected chi connectivity index (χ0v) is 20.1. The lowest BCUT2D eigenvalue weighted by molar-refractivity contribution is 0.264. The normalized spacial score (nSPS) is 16.6. The maximum Gasteiger partial charge on any atom is 0.152 e. The number of nitrogens with one attached hydrogen (secondary N) is 1. The minimum atomic E-state index is -0.482. The van der Waals surface area contributed by atoms with Crippen LogP contribution in [0.5, 0.6) is 5.75 Å². The van der Waals surface area contributed by atoms with Gasteiger partial charge in [0, 0.05) is 35.5 Å². The van der Waals surface area contributed by atoms with E-state index in [1.54, 1.807) is 11.8 Å². The average Bonchev–Trinajstić information content (AvgIpc) is 2.83. The van der Waals surface area contributed by atoms with Crippen molar-refractivity contribution in [2.75, 3.05) is 31.1 Å². The van der Waals surface area contributed by atoms with Gasteiger partial charge in [-0.25, -0.2) is 0 Å². The fourth-order valence-corrected chi connectivity index (χ4v) is 5.15. The molecular formula is C24H26ClN2O3PS. The number of nitrogens with zero attached hydrogens (tertiary/aromatic N) is 1. The molecule has 1 saturated heterocycles. The van der Waals surface area contributed by atoms with Crippen molar-refractivity contribution in [3.05, 3.63) is 83.4 Å². The molecule has 1 heterocycles. The van der Waals surface area contributed by atoms with Crippen molar-refractivity contribution in [2.24, 2.45) is 0 Å². The minimum Gasteiger partial charge on any atom is -0.489 e. The van der Waals surface area contributed by atoms with Crippen LogP contribution in [-0.4, -0.2) is 37.2 Å². The van der Waals surface area contributed by atoms with Crippen molar-refractivity contribution in [2.45, 2.75) is 22.4 Å². The number of benzene rings is 3. The van der Waals surface area contributed by atoms with Gasteiger partial charge in [0.25, 0.3) is 0 Å². The highest BCUT2D eigenvalue weighted by atomic mass is 35.5. The standard InChI is InChI=1S/C24H26ClN2O3PS/c25-23-14-22(9-10-24(23)27-12-11-26-19(15-27)17-30-31-28)32-21-8-4-7-20(13-21)29-16-18-5-2-1-3-6-18/h1-10,13-14,19,26,28,31H,11-12,15-17H2. The molecule has 0 bridgehead atoms.